The summed E-state index contributed by atoms with van der Waals surface area (Å²) in [7, 11) is 1.77. The van der Waals surface area contributed by atoms with Crippen LogP contribution in [0.5, 0.6) is 0 Å². The van der Waals surface area contributed by atoms with Gasteiger partial charge in [-0.25, -0.2) is 4.68 Å². The molecule has 0 saturated heterocycles. The van der Waals surface area contributed by atoms with Crippen LogP contribution in [-0.2, 0) is 6.54 Å². The summed E-state index contributed by atoms with van der Waals surface area (Å²) in [5.74, 6) is -0.119. The fourth-order valence-electron chi connectivity index (χ4n) is 3.15. The number of halogens is 1. The molecule has 2 aromatic heterocycles. The van der Waals surface area contributed by atoms with Gasteiger partial charge in [0.15, 0.2) is 0 Å². The van der Waals surface area contributed by atoms with E-state index in [1.54, 1.807) is 35.2 Å². The maximum Gasteiger partial charge on any atom is 0.257 e. The lowest BCUT2D eigenvalue weighted by Crippen LogP contribution is -2.26. The molecular weight excluding hydrogens is 384 g/mol. The average molecular weight is 403 g/mol. The molecule has 0 aliphatic rings. The summed E-state index contributed by atoms with van der Waals surface area (Å²) in [5.41, 5.74) is 3.76. The van der Waals surface area contributed by atoms with Gasteiger partial charge >= 0.3 is 0 Å². The lowest BCUT2D eigenvalue weighted by molar-refractivity contribution is 0.0786. The van der Waals surface area contributed by atoms with Gasteiger partial charge in [-0.2, -0.15) is 5.10 Å². The minimum atomic E-state index is -0.119. The van der Waals surface area contributed by atoms with Gasteiger partial charge in [-0.3, -0.25) is 9.78 Å². The Morgan fingerprint density at radius 1 is 1.07 bits per heavy atom. The summed E-state index contributed by atoms with van der Waals surface area (Å²) in [6, 6.07) is 21.0. The lowest BCUT2D eigenvalue weighted by atomic mass is 10.1. The van der Waals surface area contributed by atoms with Crippen LogP contribution in [0.15, 0.2) is 85.3 Å². The Balaban J connectivity index is 1.71. The van der Waals surface area contributed by atoms with E-state index < -0.39 is 0 Å². The number of amides is 1. The van der Waals surface area contributed by atoms with Crippen LogP contribution in [0.25, 0.3) is 16.9 Å². The van der Waals surface area contributed by atoms with E-state index in [4.69, 9.17) is 11.6 Å². The van der Waals surface area contributed by atoms with Gasteiger partial charge in [0.25, 0.3) is 5.91 Å². The van der Waals surface area contributed by atoms with Crippen molar-refractivity contribution in [2.45, 2.75) is 6.54 Å². The van der Waals surface area contributed by atoms with Crippen molar-refractivity contribution in [2.24, 2.45) is 0 Å². The summed E-state index contributed by atoms with van der Waals surface area (Å²) in [4.78, 5) is 19.1. The van der Waals surface area contributed by atoms with Crippen molar-refractivity contribution >= 4 is 17.5 Å². The molecule has 0 unspecified atom stereocenters. The van der Waals surface area contributed by atoms with Crippen LogP contribution in [0.2, 0.25) is 5.02 Å². The number of nitrogens with zero attached hydrogens (tertiary/aromatic N) is 4. The van der Waals surface area contributed by atoms with Gasteiger partial charge in [-0.05, 0) is 42.0 Å². The normalized spacial score (nSPS) is 10.7. The van der Waals surface area contributed by atoms with Gasteiger partial charge in [0, 0.05) is 42.8 Å². The molecular formula is C23H19ClN4O. The number of aromatic nitrogens is 3. The van der Waals surface area contributed by atoms with E-state index in [1.165, 1.54) is 0 Å². The minimum absolute atomic E-state index is 0.119. The van der Waals surface area contributed by atoms with E-state index >= 15 is 0 Å². The molecule has 2 heterocycles. The largest absolute Gasteiger partial charge is 0.337 e. The first kappa shape index (κ1) is 18.9. The van der Waals surface area contributed by atoms with Crippen LogP contribution in [0.1, 0.15) is 15.9 Å². The van der Waals surface area contributed by atoms with Gasteiger partial charge in [0.05, 0.1) is 11.3 Å². The number of hydrogen-bond donors (Lipinski definition) is 0. The third-order valence-electron chi connectivity index (χ3n) is 4.56. The third kappa shape index (κ3) is 4.20. The van der Waals surface area contributed by atoms with E-state index in [9.17, 15) is 4.79 Å². The Bertz CT molecular complexity index is 1130. The number of hydrogen-bond acceptors (Lipinski definition) is 3. The van der Waals surface area contributed by atoms with E-state index in [-0.39, 0.29) is 5.91 Å². The molecule has 0 atom stereocenters. The van der Waals surface area contributed by atoms with Crippen LogP contribution in [-0.4, -0.2) is 32.6 Å². The predicted octanol–water partition coefficient (Wildman–Crippen LogP) is 4.86. The van der Waals surface area contributed by atoms with Crippen molar-refractivity contribution in [3.63, 3.8) is 0 Å². The van der Waals surface area contributed by atoms with Crippen molar-refractivity contribution in [1.29, 1.82) is 0 Å². The zero-order valence-corrected chi connectivity index (χ0v) is 16.6. The topological polar surface area (TPSA) is 51.0 Å². The first-order chi connectivity index (χ1) is 14.1. The van der Waals surface area contributed by atoms with Gasteiger partial charge in [0.1, 0.15) is 5.69 Å². The minimum Gasteiger partial charge on any atom is -0.337 e. The Morgan fingerprint density at radius 2 is 1.90 bits per heavy atom. The highest BCUT2D eigenvalue weighted by Crippen LogP contribution is 2.25. The average Bonchev–Trinajstić information content (AvgIpc) is 3.20. The molecule has 0 aliphatic carbocycles. The van der Waals surface area contributed by atoms with Crippen LogP contribution in [0.4, 0.5) is 0 Å². The van der Waals surface area contributed by atoms with Crippen LogP contribution >= 0.6 is 11.6 Å². The fraction of sp³-hybridized carbons (Fsp3) is 0.0870. The van der Waals surface area contributed by atoms with Crippen LogP contribution in [0.3, 0.4) is 0 Å². The second-order valence-electron chi connectivity index (χ2n) is 6.70. The van der Waals surface area contributed by atoms with E-state index in [2.05, 4.69) is 10.1 Å². The first-order valence-corrected chi connectivity index (χ1v) is 9.55. The molecule has 4 rings (SSSR count). The predicted molar refractivity (Wildman–Crippen MR) is 114 cm³/mol. The number of carbonyl (C=O) groups excluding carboxylic acids is 1. The van der Waals surface area contributed by atoms with Gasteiger partial charge in [0.2, 0.25) is 0 Å². The third-order valence-corrected chi connectivity index (χ3v) is 4.79. The highest BCUT2D eigenvalue weighted by atomic mass is 35.5. The van der Waals surface area contributed by atoms with Gasteiger partial charge < -0.3 is 4.90 Å². The highest BCUT2D eigenvalue weighted by molar-refractivity contribution is 6.30. The Kier molecular flexibility index (Phi) is 5.40. The molecule has 0 aliphatic heterocycles. The SMILES string of the molecule is CN(Cc1cccc(Cl)c1)C(=O)c1cn(-c2ccccc2)nc1-c1cccnc1. The highest BCUT2D eigenvalue weighted by Gasteiger charge is 2.22. The van der Waals surface area contributed by atoms with Crippen LogP contribution in [0, 0.1) is 0 Å². The number of para-hydroxylation sites is 1. The molecule has 0 N–H and O–H groups in total. The molecule has 0 saturated carbocycles. The Labute approximate surface area is 174 Å². The van der Waals surface area contributed by atoms with Crippen molar-refractivity contribution in [2.75, 3.05) is 7.05 Å². The lowest BCUT2D eigenvalue weighted by Gasteiger charge is -2.17. The molecule has 0 fully saturated rings. The molecule has 2 aromatic carbocycles. The van der Waals surface area contributed by atoms with Crippen molar-refractivity contribution in [3.8, 4) is 16.9 Å². The van der Waals surface area contributed by atoms with E-state index in [0.29, 0.717) is 22.8 Å². The van der Waals surface area contributed by atoms with E-state index in [0.717, 1.165) is 16.8 Å². The summed E-state index contributed by atoms with van der Waals surface area (Å²) in [6.07, 6.45) is 5.18. The summed E-state index contributed by atoms with van der Waals surface area (Å²) in [5, 5.41) is 5.33. The smallest absolute Gasteiger partial charge is 0.257 e. The monoisotopic (exact) mass is 402 g/mol. The second-order valence-corrected chi connectivity index (χ2v) is 7.14. The fourth-order valence-corrected chi connectivity index (χ4v) is 3.36. The number of carbonyl (C=O) groups is 1. The van der Waals surface area contributed by atoms with Crippen molar-refractivity contribution < 1.29 is 4.79 Å². The molecule has 0 radical (unpaired) electrons. The maximum absolute atomic E-state index is 13.3. The Morgan fingerprint density at radius 3 is 2.62 bits per heavy atom. The maximum atomic E-state index is 13.3. The summed E-state index contributed by atoms with van der Waals surface area (Å²) >= 11 is 6.08. The molecule has 29 heavy (non-hydrogen) atoms. The van der Waals surface area contributed by atoms with Gasteiger partial charge in [-0.15, -0.1) is 0 Å². The zero-order valence-electron chi connectivity index (χ0n) is 15.9. The first-order valence-electron chi connectivity index (χ1n) is 9.17. The van der Waals surface area contributed by atoms with E-state index in [1.807, 2.05) is 66.7 Å². The van der Waals surface area contributed by atoms with Crippen molar-refractivity contribution in [1.82, 2.24) is 19.7 Å². The molecule has 6 heteroatoms. The number of pyridine rings is 1. The Hall–Kier alpha value is -3.44. The van der Waals surface area contributed by atoms with Crippen molar-refractivity contribution in [3.05, 3.63) is 101 Å². The van der Waals surface area contributed by atoms with Crippen LogP contribution < -0.4 is 0 Å². The standard InChI is InChI=1S/C23H19ClN4O/c1-27(15-17-7-5-9-19(24)13-17)23(29)21-16-28(20-10-3-2-4-11-20)26-22(21)18-8-6-12-25-14-18/h2-14,16H,15H2,1H3. The quantitative estimate of drug-likeness (QED) is 0.479. The van der Waals surface area contributed by atoms with Gasteiger partial charge in [-0.1, -0.05) is 41.9 Å². The molecule has 144 valence electrons. The summed E-state index contributed by atoms with van der Waals surface area (Å²) < 4.78 is 1.72. The molecule has 0 spiro atoms. The molecule has 0 bridgehead atoms. The number of rotatable bonds is 5. The molecule has 4 aromatic rings. The number of benzene rings is 2. The summed E-state index contributed by atoms with van der Waals surface area (Å²) in [6.45, 7) is 0.447. The zero-order chi connectivity index (χ0) is 20.2. The second kappa shape index (κ2) is 8.29. The molecule has 1 amide bonds. The molecule has 5 nitrogen and oxygen atoms in total.